The molecule has 0 aliphatic heterocycles. The average Bonchev–Trinajstić information content (AvgIpc) is 2.67. The summed E-state index contributed by atoms with van der Waals surface area (Å²) in [4.78, 5) is 12.3. The van der Waals surface area contributed by atoms with Gasteiger partial charge in [0.05, 0.1) is 12.0 Å². The van der Waals surface area contributed by atoms with E-state index in [1.807, 2.05) is 0 Å². The van der Waals surface area contributed by atoms with E-state index in [0.717, 1.165) is 0 Å². The summed E-state index contributed by atoms with van der Waals surface area (Å²) >= 11 is 0. The minimum atomic E-state index is -3.53. The van der Waals surface area contributed by atoms with Crippen molar-refractivity contribution >= 4 is 21.6 Å². The van der Waals surface area contributed by atoms with Crippen LogP contribution < -0.4 is 14.8 Å². The SMILES string of the molecule is CCN(CC)S(=O)(=O)c1ccc(OCC(=O)Nc2cccc(OC)c2)c(C)c1. The topological polar surface area (TPSA) is 84.9 Å². The summed E-state index contributed by atoms with van der Waals surface area (Å²) in [5.41, 5.74) is 1.24. The number of methoxy groups -OCH3 is 1. The van der Waals surface area contributed by atoms with Gasteiger partial charge in [-0.25, -0.2) is 8.42 Å². The maximum absolute atomic E-state index is 12.6. The predicted molar refractivity (Wildman–Crippen MR) is 108 cm³/mol. The maximum atomic E-state index is 12.6. The van der Waals surface area contributed by atoms with Gasteiger partial charge in [-0.1, -0.05) is 19.9 Å². The van der Waals surface area contributed by atoms with Crippen LogP contribution in [0.2, 0.25) is 0 Å². The van der Waals surface area contributed by atoms with Crippen molar-refractivity contribution in [3.8, 4) is 11.5 Å². The monoisotopic (exact) mass is 406 g/mol. The van der Waals surface area contributed by atoms with Gasteiger partial charge < -0.3 is 14.8 Å². The molecule has 8 heteroatoms. The Morgan fingerprint density at radius 2 is 1.82 bits per heavy atom. The number of amides is 1. The molecule has 1 amide bonds. The van der Waals surface area contributed by atoms with Crippen molar-refractivity contribution in [2.45, 2.75) is 25.7 Å². The van der Waals surface area contributed by atoms with Crippen LogP contribution >= 0.6 is 0 Å². The molecule has 28 heavy (non-hydrogen) atoms. The molecule has 2 rings (SSSR count). The Bertz CT molecular complexity index is 924. The summed E-state index contributed by atoms with van der Waals surface area (Å²) in [5, 5.41) is 2.73. The van der Waals surface area contributed by atoms with E-state index >= 15 is 0 Å². The Morgan fingerprint density at radius 1 is 1.11 bits per heavy atom. The minimum absolute atomic E-state index is 0.194. The van der Waals surface area contributed by atoms with Crippen LogP contribution in [-0.4, -0.2) is 45.4 Å². The summed E-state index contributed by atoms with van der Waals surface area (Å²) in [5.74, 6) is 0.770. The van der Waals surface area contributed by atoms with Crippen LogP contribution in [0.3, 0.4) is 0 Å². The van der Waals surface area contributed by atoms with Crippen LogP contribution in [-0.2, 0) is 14.8 Å². The highest BCUT2D eigenvalue weighted by molar-refractivity contribution is 7.89. The van der Waals surface area contributed by atoms with Gasteiger partial charge in [0.2, 0.25) is 10.0 Å². The lowest BCUT2D eigenvalue weighted by molar-refractivity contribution is -0.118. The maximum Gasteiger partial charge on any atom is 0.262 e. The number of hydrogen-bond donors (Lipinski definition) is 1. The Balaban J connectivity index is 2.04. The molecule has 152 valence electrons. The first kappa shape index (κ1) is 21.7. The van der Waals surface area contributed by atoms with Gasteiger partial charge in [-0.05, 0) is 42.8 Å². The Kier molecular flexibility index (Phi) is 7.42. The highest BCUT2D eigenvalue weighted by Gasteiger charge is 2.22. The number of carbonyl (C=O) groups excluding carboxylic acids is 1. The molecule has 0 aliphatic rings. The van der Waals surface area contributed by atoms with Crippen molar-refractivity contribution in [1.82, 2.24) is 4.31 Å². The molecular weight excluding hydrogens is 380 g/mol. The molecule has 0 unspecified atom stereocenters. The normalized spacial score (nSPS) is 11.3. The summed E-state index contributed by atoms with van der Waals surface area (Å²) < 4.78 is 37.2. The van der Waals surface area contributed by atoms with Gasteiger partial charge in [0, 0.05) is 24.8 Å². The summed E-state index contributed by atoms with van der Waals surface area (Å²) in [6, 6.07) is 11.6. The van der Waals surface area contributed by atoms with Gasteiger partial charge in [0.15, 0.2) is 6.61 Å². The Labute approximate surface area is 166 Å². The molecule has 0 saturated carbocycles. The fraction of sp³-hybridized carbons (Fsp3) is 0.350. The first-order valence-corrected chi connectivity index (χ1v) is 10.4. The van der Waals surface area contributed by atoms with E-state index in [0.29, 0.717) is 35.8 Å². The second-order valence-electron chi connectivity index (χ2n) is 6.09. The molecule has 0 bridgehead atoms. The molecule has 0 aromatic heterocycles. The van der Waals surface area contributed by atoms with Gasteiger partial charge in [-0.2, -0.15) is 4.31 Å². The Morgan fingerprint density at radius 3 is 2.43 bits per heavy atom. The van der Waals surface area contributed by atoms with E-state index in [9.17, 15) is 13.2 Å². The number of nitrogens with zero attached hydrogens (tertiary/aromatic N) is 1. The lowest BCUT2D eigenvalue weighted by Crippen LogP contribution is -2.30. The van der Waals surface area contributed by atoms with Gasteiger partial charge >= 0.3 is 0 Å². The zero-order chi connectivity index (χ0) is 20.7. The largest absolute Gasteiger partial charge is 0.497 e. The van der Waals surface area contributed by atoms with Crippen molar-refractivity contribution < 1.29 is 22.7 Å². The van der Waals surface area contributed by atoms with Gasteiger partial charge in [0.25, 0.3) is 5.91 Å². The number of aryl methyl sites for hydroxylation is 1. The van der Waals surface area contributed by atoms with Crippen molar-refractivity contribution in [3.05, 3.63) is 48.0 Å². The third-order valence-electron chi connectivity index (χ3n) is 4.20. The summed E-state index contributed by atoms with van der Waals surface area (Å²) in [7, 11) is -1.98. The molecule has 0 atom stereocenters. The molecule has 0 radical (unpaired) electrons. The molecule has 0 saturated heterocycles. The quantitative estimate of drug-likeness (QED) is 0.692. The first-order chi connectivity index (χ1) is 13.3. The van der Waals surface area contributed by atoms with Crippen LogP contribution in [0.1, 0.15) is 19.4 Å². The van der Waals surface area contributed by atoms with Crippen LogP contribution in [0.5, 0.6) is 11.5 Å². The predicted octanol–water partition coefficient (Wildman–Crippen LogP) is 3.05. The third kappa shape index (κ3) is 5.24. The molecule has 0 aliphatic carbocycles. The van der Waals surface area contributed by atoms with Gasteiger partial charge in [0.1, 0.15) is 11.5 Å². The molecular formula is C20H26N2O5S. The Hall–Kier alpha value is -2.58. The summed E-state index contributed by atoms with van der Waals surface area (Å²) in [6.07, 6.45) is 0. The molecule has 0 heterocycles. The van der Waals surface area contributed by atoms with Crippen molar-refractivity contribution in [2.75, 3.05) is 32.1 Å². The molecule has 0 spiro atoms. The van der Waals surface area contributed by atoms with Crippen LogP contribution in [0.25, 0.3) is 0 Å². The lowest BCUT2D eigenvalue weighted by atomic mass is 10.2. The minimum Gasteiger partial charge on any atom is -0.497 e. The van der Waals surface area contributed by atoms with Crippen molar-refractivity contribution in [3.63, 3.8) is 0 Å². The number of sulfonamides is 1. The average molecular weight is 407 g/mol. The van der Waals surface area contributed by atoms with Crippen molar-refractivity contribution in [1.29, 1.82) is 0 Å². The fourth-order valence-electron chi connectivity index (χ4n) is 2.70. The smallest absolute Gasteiger partial charge is 0.262 e. The second kappa shape index (κ2) is 9.57. The molecule has 1 N–H and O–H groups in total. The van der Waals surface area contributed by atoms with Crippen molar-refractivity contribution in [2.24, 2.45) is 0 Å². The fourth-order valence-corrected chi connectivity index (χ4v) is 4.24. The van der Waals surface area contributed by atoms with E-state index in [4.69, 9.17) is 9.47 Å². The highest BCUT2D eigenvalue weighted by Crippen LogP contribution is 2.24. The first-order valence-electron chi connectivity index (χ1n) is 8.99. The highest BCUT2D eigenvalue weighted by atomic mass is 32.2. The standard InChI is InChI=1S/C20H26N2O5S/c1-5-22(6-2)28(24,25)18-10-11-19(15(3)12-18)27-14-20(23)21-16-8-7-9-17(13-16)26-4/h7-13H,5-6,14H2,1-4H3,(H,21,23). The zero-order valence-electron chi connectivity index (χ0n) is 16.6. The number of anilines is 1. The van der Waals surface area contributed by atoms with Gasteiger partial charge in [-0.15, -0.1) is 0 Å². The zero-order valence-corrected chi connectivity index (χ0v) is 17.4. The number of nitrogens with one attached hydrogen (secondary N) is 1. The number of benzene rings is 2. The van der Waals surface area contributed by atoms with E-state index < -0.39 is 10.0 Å². The van der Waals surface area contributed by atoms with E-state index in [1.165, 1.54) is 10.4 Å². The van der Waals surface area contributed by atoms with E-state index in [1.54, 1.807) is 64.3 Å². The van der Waals surface area contributed by atoms with Gasteiger partial charge in [-0.3, -0.25) is 4.79 Å². The number of hydrogen-bond acceptors (Lipinski definition) is 5. The lowest BCUT2D eigenvalue weighted by Gasteiger charge is -2.19. The number of ether oxygens (including phenoxy) is 2. The second-order valence-corrected chi connectivity index (χ2v) is 8.02. The number of rotatable bonds is 9. The van der Waals surface area contributed by atoms with Crippen LogP contribution in [0.4, 0.5) is 5.69 Å². The third-order valence-corrected chi connectivity index (χ3v) is 6.25. The molecule has 7 nitrogen and oxygen atoms in total. The van der Waals surface area contributed by atoms with E-state index in [-0.39, 0.29) is 17.4 Å². The van der Waals surface area contributed by atoms with E-state index in [2.05, 4.69) is 5.32 Å². The van der Waals surface area contributed by atoms with Crippen LogP contribution in [0.15, 0.2) is 47.4 Å². The number of carbonyl (C=O) groups is 1. The van der Waals surface area contributed by atoms with Crippen LogP contribution in [0, 0.1) is 6.92 Å². The molecule has 2 aromatic carbocycles. The molecule has 2 aromatic rings. The molecule has 0 fully saturated rings. The summed E-state index contributed by atoms with van der Waals surface area (Å²) in [6.45, 7) is 5.95.